The Labute approximate surface area is 145 Å². The minimum absolute atomic E-state index is 0.537. The lowest BCUT2D eigenvalue weighted by molar-refractivity contribution is 0.214. The Morgan fingerprint density at radius 1 is 1.00 bits per heavy atom. The number of benzene rings is 2. The fraction of sp³-hybridized carbons (Fsp3) is 0.200. The molecule has 0 aliphatic rings. The van der Waals surface area contributed by atoms with E-state index in [0.29, 0.717) is 27.6 Å². The number of aliphatic hydroxyl groups excluding tert-OH is 1. The van der Waals surface area contributed by atoms with Crippen molar-refractivity contribution in [1.29, 1.82) is 0 Å². The van der Waals surface area contributed by atoms with Crippen molar-refractivity contribution < 1.29 is 14.6 Å². The normalized spacial score (nSPS) is 12.1. The second-order valence-electron chi connectivity index (χ2n) is 4.30. The number of rotatable bonds is 4. The molecule has 0 saturated carbocycles. The van der Waals surface area contributed by atoms with Crippen LogP contribution >= 0.6 is 43.5 Å². The molecule has 0 fully saturated rings. The van der Waals surface area contributed by atoms with Crippen molar-refractivity contribution in [3.63, 3.8) is 0 Å². The molecule has 1 N–H and O–H groups in total. The van der Waals surface area contributed by atoms with Gasteiger partial charge in [0.1, 0.15) is 17.6 Å². The number of methoxy groups -OCH3 is 2. The third kappa shape index (κ3) is 3.54. The first-order valence-corrected chi connectivity index (χ1v) is 7.98. The van der Waals surface area contributed by atoms with Crippen LogP contribution in [0.2, 0.25) is 5.02 Å². The Morgan fingerprint density at radius 2 is 1.67 bits per heavy atom. The van der Waals surface area contributed by atoms with Gasteiger partial charge in [0.25, 0.3) is 0 Å². The summed E-state index contributed by atoms with van der Waals surface area (Å²) >= 11 is 12.8. The summed E-state index contributed by atoms with van der Waals surface area (Å²) in [7, 11) is 3.12. The molecule has 1 unspecified atom stereocenters. The first-order valence-electron chi connectivity index (χ1n) is 6.02. The third-order valence-electron chi connectivity index (χ3n) is 3.06. The van der Waals surface area contributed by atoms with Crippen molar-refractivity contribution in [3.8, 4) is 11.5 Å². The molecule has 0 aliphatic carbocycles. The third-order valence-corrected chi connectivity index (χ3v) is 4.91. The Kier molecular flexibility index (Phi) is 5.54. The molecule has 1 atom stereocenters. The van der Waals surface area contributed by atoms with Gasteiger partial charge in [-0.3, -0.25) is 0 Å². The molecular weight excluding hydrogens is 423 g/mol. The second kappa shape index (κ2) is 7.01. The zero-order chi connectivity index (χ0) is 15.6. The number of halogens is 3. The second-order valence-corrected chi connectivity index (χ2v) is 6.42. The van der Waals surface area contributed by atoms with Gasteiger partial charge in [0, 0.05) is 10.0 Å². The molecule has 3 nitrogen and oxygen atoms in total. The first-order chi connectivity index (χ1) is 9.97. The average molecular weight is 437 g/mol. The van der Waals surface area contributed by atoms with Crippen LogP contribution in [-0.2, 0) is 0 Å². The van der Waals surface area contributed by atoms with Gasteiger partial charge < -0.3 is 14.6 Å². The van der Waals surface area contributed by atoms with E-state index in [0.717, 1.165) is 8.95 Å². The zero-order valence-electron chi connectivity index (χ0n) is 11.4. The monoisotopic (exact) mass is 434 g/mol. The molecule has 0 aliphatic heterocycles. The molecule has 0 heterocycles. The van der Waals surface area contributed by atoms with Crippen LogP contribution in [-0.4, -0.2) is 19.3 Å². The zero-order valence-corrected chi connectivity index (χ0v) is 15.3. The number of hydrogen-bond donors (Lipinski definition) is 1. The lowest BCUT2D eigenvalue weighted by atomic mass is 10.0. The molecule has 0 saturated heterocycles. The summed E-state index contributed by atoms with van der Waals surface area (Å²) in [6.45, 7) is 0. The number of ether oxygens (including phenoxy) is 2. The van der Waals surface area contributed by atoms with E-state index in [1.54, 1.807) is 44.6 Å². The minimum Gasteiger partial charge on any atom is -0.496 e. The molecule has 0 radical (unpaired) electrons. The first kappa shape index (κ1) is 16.6. The largest absolute Gasteiger partial charge is 0.496 e. The van der Waals surface area contributed by atoms with Crippen molar-refractivity contribution in [2.24, 2.45) is 0 Å². The van der Waals surface area contributed by atoms with Crippen LogP contribution in [0.15, 0.2) is 39.3 Å². The Morgan fingerprint density at radius 3 is 2.24 bits per heavy atom. The molecule has 0 amide bonds. The maximum absolute atomic E-state index is 10.6. The van der Waals surface area contributed by atoms with E-state index < -0.39 is 6.10 Å². The molecule has 112 valence electrons. The van der Waals surface area contributed by atoms with Crippen LogP contribution in [0.5, 0.6) is 11.5 Å². The van der Waals surface area contributed by atoms with Gasteiger partial charge in [-0.2, -0.15) is 0 Å². The van der Waals surface area contributed by atoms with E-state index >= 15 is 0 Å². The highest BCUT2D eigenvalue weighted by Gasteiger charge is 2.19. The van der Waals surface area contributed by atoms with E-state index in [9.17, 15) is 5.11 Å². The van der Waals surface area contributed by atoms with E-state index in [-0.39, 0.29) is 0 Å². The Bertz CT molecular complexity index is 662. The Balaban J connectivity index is 2.50. The van der Waals surface area contributed by atoms with Crippen molar-refractivity contribution >= 4 is 43.5 Å². The average Bonchev–Trinajstić information content (AvgIpc) is 2.49. The summed E-state index contributed by atoms with van der Waals surface area (Å²) in [5.41, 5.74) is 1.28. The quantitative estimate of drug-likeness (QED) is 0.736. The van der Waals surface area contributed by atoms with Crippen LogP contribution in [0.1, 0.15) is 17.2 Å². The molecular formula is C15H13Br2ClO3. The molecule has 2 aromatic rings. The standard InChI is InChI=1S/C15H13Br2ClO3/c1-20-13-7-11(17)14(21-2)6-9(13)15(19)8-3-4-10(16)12(18)5-8/h3-7,15,19H,1-2H3. The molecule has 21 heavy (non-hydrogen) atoms. The molecule has 2 rings (SSSR count). The summed E-state index contributed by atoms with van der Waals surface area (Å²) < 4.78 is 12.1. The van der Waals surface area contributed by atoms with Gasteiger partial charge in [-0.25, -0.2) is 0 Å². The molecule has 0 spiro atoms. The van der Waals surface area contributed by atoms with Crippen molar-refractivity contribution in [2.45, 2.75) is 6.10 Å². The van der Waals surface area contributed by atoms with Crippen molar-refractivity contribution in [1.82, 2.24) is 0 Å². The van der Waals surface area contributed by atoms with Crippen LogP contribution in [0, 0.1) is 0 Å². The topological polar surface area (TPSA) is 38.7 Å². The van der Waals surface area contributed by atoms with Gasteiger partial charge in [-0.15, -0.1) is 0 Å². The van der Waals surface area contributed by atoms with Gasteiger partial charge in [-0.1, -0.05) is 17.7 Å². The van der Waals surface area contributed by atoms with Crippen LogP contribution in [0.25, 0.3) is 0 Å². The summed E-state index contributed by atoms with van der Waals surface area (Å²) in [5, 5.41) is 11.1. The molecule has 0 bridgehead atoms. The van der Waals surface area contributed by atoms with E-state index in [4.69, 9.17) is 21.1 Å². The van der Waals surface area contributed by atoms with Crippen LogP contribution in [0.3, 0.4) is 0 Å². The molecule has 2 aromatic carbocycles. The van der Waals surface area contributed by atoms with Crippen LogP contribution in [0.4, 0.5) is 0 Å². The maximum atomic E-state index is 10.6. The number of hydrogen-bond acceptors (Lipinski definition) is 3. The summed E-state index contributed by atoms with van der Waals surface area (Å²) in [5.74, 6) is 1.18. The van der Waals surface area contributed by atoms with Crippen LogP contribution < -0.4 is 9.47 Å². The highest BCUT2D eigenvalue weighted by atomic mass is 79.9. The van der Waals surface area contributed by atoms with Gasteiger partial charge in [0.05, 0.1) is 23.7 Å². The predicted octanol–water partition coefficient (Wildman–Crippen LogP) is 4.96. The highest BCUT2D eigenvalue weighted by Crippen LogP contribution is 2.38. The number of aliphatic hydroxyl groups is 1. The minimum atomic E-state index is -0.868. The lowest BCUT2D eigenvalue weighted by Crippen LogP contribution is -2.03. The highest BCUT2D eigenvalue weighted by molar-refractivity contribution is 9.10. The van der Waals surface area contributed by atoms with E-state index in [1.807, 2.05) is 0 Å². The summed E-state index contributed by atoms with van der Waals surface area (Å²) in [6, 6.07) is 8.81. The fourth-order valence-electron chi connectivity index (χ4n) is 1.96. The van der Waals surface area contributed by atoms with Gasteiger partial charge >= 0.3 is 0 Å². The van der Waals surface area contributed by atoms with Gasteiger partial charge in [-0.05, 0) is 61.7 Å². The lowest BCUT2D eigenvalue weighted by Gasteiger charge is -2.17. The van der Waals surface area contributed by atoms with E-state index in [2.05, 4.69) is 31.9 Å². The summed E-state index contributed by atoms with van der Waals surface area (Å²) in [6.07, 6.45) is -0.868. The van der Waals surface area contributed by atoms with E-state index in [1.165, 1.54) is 0 Å². The Hall–Kier alpha value is -0.750. The summed E-state index contributed by atoms with van der Waals surface area (Å²) in [4.78, 5) is 0. The molecule has 6 heteroatoms. The maximum Gasteiger partial charge on any atom is 0.133 e. The van der Waals surface area contributed by atoms with Crippen molar-refractivity contribution in [2.75, 3.05) is 14.2 Å². The SMILES string of the molecule is COc1cc(C(O)c2ccc(Br)c(Cl)c2)c(OC)cc1Br. The van der Waals surface area contributed by atoms with Gasteiger partial charge in [0.15, 0.2) is 0 Å². The predicted molar refractivity (Wildman–Crippen MR) is 90.5 cm³/mol. The smallest absolute Gasteiger partial charge is 0.133 e. The fourth-order valence-corrected chi connectivity index (χ4v) is 2.88. The molecule has 0 aromatic heterocycles. The van der Waals surface area contributed by atoms with Crippen molar-refractivity contribution in [3.05, 3.63) is 55.4 Å². The van der Waals surface area contributed by atoms with Gasteiger partial charge in [0.2, 0.25) is 0 Å².